The number of aromatic nitrogens is 2. The van der Waals surface area contributed by atoms with Crippen molar-refractivity contribution in [2.45, 2.75) is 25.2 Å². The maximum atomic E-state index is 12.7. The SMILES string of the molecule is COc1cccc(-c2nc(C3CCN(C(=O)Cc4ccc(OC)c(Cl)c4)CC3)no2)c1. The summed E-state index contributed by atoms with van der Waals surface area (Å²) in [5.74, 6) is 2.76. The maximum Gasteiger partial charge on any atom is 0.258 e. The highest BCUT2D eigenvalue weighted by Crippen LogP contribution is 2.30. The second kappa shape index (κ2) is 9.39. The van der Waals surface area contributed by atoms with Gasteiger partial charge in [-0.25, -0.2) is 0 Å². The molecule has 0 atom stereocenters. The summed E-state index contributed by atoms with van der Waals surface area (Å²) in [5, 5.41) is 4.69. The van der Waals surface area contributed by atoms with E-state index in [-0.39, 0.29) is 11.8 Å². The molecular formula is C23H24ClN3O4. The van der Waals surface area contributed by atoms with Crippen molar-refractivity contribution in [1.82, 2.24) is 15.0 Å². The molecule has 0 spiro atoms. The van der Waals surface area contributed by atoms with Crippen molar-refractivity contribution >= 4 is 17.5 Å². The minimum absolute atomic E-state index is 0.0878. The Bertz CT molecular complexity index is 1060. The van der Waals surface area contributed by atoms with E-state index in [0.717, 1.165) is 29.7 Å². The summed E-state index contributed by atoms with van der Waals surface area (Å²) in [5.41, 5.74) is 1.70. The molecule has 0 saturated carbocycles. The van der Waals surface area contributed by atoms with Gasteiger partial charge in [0.1, 0.15) is 11.5 Å². The number of halogens is 1. The Morgan fingerprint density at radius 1 is 1.16 bits per heavy atom. The lowest BCUT2D eigenvalue weighted by molar-refractivity contribution is -0.131. The Morgan fingerprint density at radius 3 is 2.68 bits per heavy atom. The van der Waals surface area contributed by atoms with Gasteiger partial charge in [-0.05, 0) is 48.7 Å². The summed E-state index contributed by atoms with van der Waals surface area (Å²) in [6, 6.07) is 13.0. The first-order chi connectivity index (χ1) is 15.1. The molecule has 2 aromatic carbocycles. The molecule has 1 fully saturated rings. The molecule has 0 unspecified atom stereocenters. The first kappa shape index (κ1) is 21.2. The number of hydrogen-bond acceptors (Lipinski definition) is 6. The lowest BCUT2D eigenvalue weighted by Crippen LogP contribution is -2.39. The number of hydrogen-bond donors (Lipinski definition) is 0. The van der Waals surface area contributed by atoms with E-state index in [4.69, 9.17) is 25.6 Å². The average Bonchev–Trinajstić information content (AvgIpc) is 3.30. The molecule has 31 heavy (non-hydrogen) atoms. The summed E-state index contributed by atoms with van der Waals surface area (Å²) >= 11 is 6.17. The number of piperidine rings is 1. The lowest BCUT2D eigenvalue weighted by atomic mass is 9.95. The highest BCUT2D eigenvalue weighted by Gasteiger charge is 2.27. The van der Waals surface area contributed by atoms with Gasteiger partial charge in [0.25, 0.3) is 5.89 Å². The van der Waals surface area contributed by atoms with Crippen LogP contribution in [0.25, 0.3) is 11.5 Å². The van der Waals surface area contributed by atoms with Gasteiger partial charge in [0.05, 0.1) is 25.7 Å². The molecule has 1 aromatic heterocycles. The third-order valence-corrected chi connectivity index (χ3v) is 5.84. The predicted octanol–water partition coefficient (Wildman–Crippen LogP) is 4.36. The molecule has 0 aliphatic carbocycles. The molecule has 8 heteroatoms. The Kier molecular flexibility index (Phi) is 6.42. The standard InChI is InChI=1S/C23H24ClN3O4/c1-29-18-5-3-4-17(14-18)23-25-22(26-31-23)16-8-10-27(11-9-16)21(28)13-15-6-7-20(30-2)19(24)12-15/h3-7,12,14,16H,8-11,13H2,1-2H3. The first-order valence-electron chi connectivity index (χ1n) is 10.2. The smallest absolute Gasteiger partial charge is 0.258 e. The Balaban J connectivity index is 1.35. The molecule has 2 heterocycles. The number of ether oxygens (including phenoxy) is 2. The van der Waals surface area contributed by atoms with Gasteiger partial charge >= 0.3 is 0 Å². The molecule has 0 radical (unpaired) electrons. The van der Waals surface area contributed by atoms with Gasteiger partial charge in [-0.15, -0.1) is 0 Å². The van der Waals surface area contributed by atoms with Crippen LogP contribution in [0.3, 0.4) is 0 Å². The van der Waals surface area contributed by atoms with Crippen LogP contribution in [-0.4, -0.2) is 48.3 Å². The highest BCUT2D eigenvalue weighted by atomic mass is 35.5. The molecule has 0 bridgehead atoms. The van der Waals surface area contributed by atoms with Crippen LogP contribution in [-0.2, 0) is 11.2 Å². The normalized spacial score (nSPS) is 14.5. The van der Waals surface area contributed by atoms with Crippen molar-refractivity contribution in [2.24, 2.45) is 0 Å². The zero-order chi connectivity index (χ0) is 21.8. The van der Waals surface area contributed by atoms with Gasteiger partial charge in [-0.3, -0.25) is 4.79 Å². The number of rotatable bonds is 6. The van der Waals surface area contributed by atoms with Crippen LogP contribution >= 0.6 is 11.6 Å². The molecule has 3 aromatic rings. The number of carbonyl (C=O) groups is 1. The zero-order valence-corrected chi connectivity index (χ0v) is 18.3. The predicted molar refractivity (Wildman–Crippen MR) is 117 cm³/mol. The Morgan fingerprint density at radius 2 is 1.97 bits per heavy atom. The van der Waals surface area contributed by atoms with E-state index >= 15 is 0 Å². The fourth-order valence-corrected chi connectivity index (χ4v) is 4.05. The molecule has 7 nitrogen and oxygen atoms in total. The second-order valence-electron chi connectivity index (χ2n) is 7.49. The Labute approximate surface area is 185 Å². The first-order valence-corrected chi connectivity index (χ1v) is 10.5. The van der Waals surface area contributed by atoms with Crippen LogP contribution in [0.1, 0.15) is 30.1 Å². The minimum Gasteiger partial charge on any atom is -0.497 e. The average molecular weight is 442 g/mol. The Hall–Kier alpha value is -3.06. The van der Waals surface area contributed by atoms with Gasteiger partial charge in [0.15, 0.2) is 5.82 Å². The van der Waals surface area contributed by atoms with E-state index < -0.39 is 0 Å². The van der Waals surface area contributed by atoms with E-state index in [2.05, 4.69) is 10.1 Å². The number of benzene rings is 2. The third kappa shape index (κ3) is 4.82. The number of likely N-dealkylation sites (tertiary alicyclic amines) is 1. The van der Waals surface area contributed by atoms with Crippen molar-refractivity contribution in [2.75, 3.05) is 27.3 Å². The van der Waals surface area contributed by atoms with Crippen molar-refractivity contribution in [3.8, 4) is 23.0 Å². The number of amides is 1. The minimum atomic E-state index is 0.0878. The van der Waals surface area contributed by atoms with E-state index in [1.165, 1.54) is 0 Å². The number of carbonyl (C=O) groups excluding carboxylic acids is 1. The molecule has 1 aliphatic rings. The number of methoxy groups -OCH3 is 2. The van der Waals surface area contributed by atoms with Crippen molar-refractivity contribution in [3.05, 3.63) is 58.9 Å². The van der Waals surface area contributed by atoms with Gasteiger partial charge in [0.2, 0.25) is 5.91 Å². The van der Waals surface area contributed by atoms with Crippen LogP contribution in [0.5, 0.6) is 11.5 Å². The third-order valence-electron chi connectivity index (χ3n) is 5.54. The highest BCUT2D eigenvalue weighted by molar-refractivity contribution is 6.32. The van der Waals surface area contributed by atoms with E-state index in [0.29, 0.717) is 42.0 Å². The van der Waals surface area contributed by atoms with Gasteiger partial charge in [-0.1, -0.05) is 28.9 Å². The largest absolute Gasteiger partial charge is 0.497 e. The van der Waals surface area contributed by atoms with Gasteiger partial charge in [-0.2, -0.15) is 4.98 Å². The van der Waals surface area contributed by atoms with Crippen molar-refractivity contribution < 1.29 is 18.8 Å². The monoisotopic (exact) mass is 441 g/mol. The summed E-state index contributed by atoms with van der Waals surface area (Å²) < 4.78 is 15.9. The molecule has 1 aliphatic heterocycles. The van der Waals surface area contributed by atoms with E-state index in [1.54, 1.807) is 26.4 Å². The maximum absolute atomic E-state index is 12.7. The molecule has 162 valence electrons. The second-order valence-corrected chi connectivity index (χ2v) is 7.90. The fourth-order valence-electron chi connectivity index (χ4n) is 3.77. The summed E-state index contributed by atoms with van der Waals surface area (Å²) in [4.78, 5) is 19.2. The molecule has 1 amide bonds. The van der Waals surface area contributed by atoms with Crippen LogP contribution in [0, 0.1) is 0 Å². The zero-order valence-electron chi connectivity index (χ0n) is 17.5. The number of nitrogens with zero attached hydrogens (tertiary/aromatic N) is 3. The van der Waals surface area contributed by atoms with Crippen molar-refractivity contribution in [3.63, 3.8) is 0 Å². The summed E-state index contributed by atoms with van der Waals surface area (Å²) in [6.45, 7) is 1.33. The molecular weight excluding hydrogens is 418 g/mol. The van der Waals surface area contributed by atoms with Gasteiger partial charge < -0.3 is 18.9 Å². The topological polar surface area (TPSA) is 77.7 Å². The van der Waals surface area contributed by atoms with E-state index in [1.807, 2.05) is 35.2 Å². The van der Waals surface area contributed by atoms with E-state index in [9.17, 15) is 4.79 Å². The van der Waals surface area contributed by atoms with Crippen LogP contribution < -0.4 is 9.47 Å². The quantitative estimate of drug-likeness (QED) is 0.565. The van der Waals surface area contributed by atoms with Crippen LogP contribution in [0.15, 0.2) is 47.0 Å². The molecule has 4 rings (SSSR count). The van der Waals surface area contributed by atoms with Crippen molar-refractivity contribution in [1.29, 1.82) is 0 Å². The fraction of sp³-hybridized carbons (Fsp3) is 0.348. The molecule has 1 saturated heterocycles. The summed E-state index contributed by atoms with van der Waals surface area (Å²) in [6.07, 6.45) is 1.91. The summed E-state index contributed by atoms with van der Waals surface area (Å²) in [7, 11) is 3.19. The molecule has 0 N–H and O–H groups in total. The van der Waals surface area contributed by atoms with Crippen LogP contribution in [0.2, 0.25) is 5.02 Å². The van der Waals surface area contributed by atoms with Crippen LogP contribution in [0.4, 0.5) is 0 Å². The lowest BCUT2D eigenvalue weighted by Gasteiger charge is -2.30. The van der Waals surface area contributed by atoms with Gasteiger partial charge in [0, 0.05) is 24.6 Å².